The van der Waals surface area contributed by atoms with Crippen LogP contribution in [-0.2, 0) is 4.74 Å². The fourth-order valence-corrected chi connectivity index (χ4v) is 3.60. The van der Waals surface area contributed by atoms with Gasteiger partial charge in [-0.25, -0.2) is 14.6 Å². The van der Waals surface area contributed by atoms with Crippen molar-refractivity contribution in [1.82, 2.24) is 10.3 Å². The number of nitrogens with two attached hydrogens (primary N) is 1. The summed E-state index contributed by atoms with van der Waals surface area (Å²) in [5, 5.41) is 11.6. The third-order valence-electron chi connectivity index (χ3n) is 5.05. The number of carbonyl (C=O) groups is 2. The number of amides is 1. The number of ether oxygens (including phenoxy) is 1. The Morgan fingerprint density at radius 1 is 1.10 bits per heavy atom. The molecule has 7 nitrogen and oxygen atoms in total. The first kappa shape index (κ1) is 20.0. The summed E-state index contributed by atoms with van der Waals surface area (Å²) in [5.74, 6) is 4.43. The van der Waals surface area contributed by atoms with Crippen molar-refractivity contribution in [2.45, 2.75) is 5.92 Å². The third-order valence-corrected chi connectivity index (χ3v) is 5.05. The molecule has 4 N–H and O–H groups in total. The highest BCUT2D eigenvalue weighted by molar-refractivity contribution is 5.88. The van der Waals surface area contributed by atoms with Gasteiger partial charge in [0.15, 0.2) is 0 Å². The van der Waals surface area contributed by atoms with Crippen LogP contribution in [0.25, 0.3) is 11.1 Å². The summed E-state index contributed by atoms with van der Waals surface area (Å²) in [6, 6.07) is 17.5. The van der Waals surface area contributed by atoms with Crippen LogP contribution >= 0.6 is 0 Å². The van der Waals surface area contributed by atoms with Gasteiger partial charge in [-0.05, 0) is 28.3 Å². The number of alkyl carbamates (subject to hydrolysis) is 1. The van der Waals surface area contributed by atoms with Gasteiger partial charge >= 0.3 is 12.1 Å². The van der Waals surface area contributed by atoms with Gasteiger partial charge in [-0.2, -0.15) is 0 Å². The molecule has 1 aromatic heterocycles. The number of carboxylic acid groups (broad SMARTS) is 1. The Balaban J connectivity index is 1.36. The molecule has 0 fully saturated rings. The number of hydrogen-bond donors (Lipinski definition) is 3. The Bertz CT molecular complexity index is 1180. The summed E-state index contributed by atoms with van der Waals surface area (Å²) in [6.45, 7) is 0.234. The number of hydrogen-bond acceptors (Lipinski definition) is 5. The van der Waals surface area contributed by atoms with Crippen molar-refractivity contribution in [1.29, 1.82) is 0 Å². The molecule has 7 heteroatoms. The van der Waals surface area contributed by atoms with Gasteiger partial charge in [0.05, 0.1) is 17.7 Å². The number of aromatic nitrogens is 1. The van der Waals surface area contributed by atoms with Crippen molar-refractivity contribution >= 4 is 17.9 Å². The van der Waals surface area contributed by atoms with Crippen LogP contribution in [0.5, 0.6) is 0 Å². The number of anilines is 1. The Labute approximate surface area is 178 Å². The Morgan fingerprint density at radius 3 is 2.39 bits per heavy atom. The van der Waals surface area contributed by atoms with Crippen LogP contribution < -0.4 is 11.1 Å². The quantitative estimate of drug-likeness (QED) is 0.566. The molecular formula is C24H19N3O4. The number of rotatable bonds is 4. The van der Waals surface area contributed by atoms with Crippen LogP contribution in [0.3, 0.4) is 0 Å². The van der Waals surface area contributed by atoms with Gasteiger partial charge in [-0.1, -0.05) is 60.4 Å². The predicted molar refractivity (Wildman–Crippen MR) is 116 cm³/mol. The average molecular weight is 413 g/mol. The number of pyridine rings is 1. The van der Waals surface area contributed by atoms with E-state index in [0.29, 0.717) is 0 Å². The molecule has 3 aromatic rings. The SMILES string of the molecule is Nc1ncc(C(=O)O)cc1C#CCNC(=O)OCC1c2ccccc2-c2ccccc21. The summed E-state index contributed by atoms with van der Waals surface area (Å²) in [6.07, 6.45) is 0.583. The molecule has 0 spiro atoms. The normalized spacial score (nSPS) is 11.6. The van der Waals surface area contributed by atoms with Crippen molar-refractivity contribution in [2.75, 3.05) is 18.9 Å². The number of carboxylic acids is 1. The van der Waals surface area contributed by atoms with E-state index in [2.05, 4.69) is 46.4 Å². The van der Waals surface area contributed by atoms with E-state index in [1.807, 2.05) is 24.3 Å². The topological polar surface area (TPSA) is 115 Å². The van der Waals surface area contributed by atoms with E-state index in [1.165, 1.54) is 6.07 Å². The van der Waals surface area contributed by atoms with Crippen LogP contribution in [0, 0.1) is 11.8 Å². The lowest BCUT2D eigenvalue weighted by molar-refractivity contribution is 0.0696. The highest BCUT2D eigenvalue weighted by Gasteiger charge is 2.28. The van der Waals surface area contributed by atoms with Gasteiger partial charge in [0.1, 0.15) is 12.4 Å². The van der Waals surface area contributed by atoms with Crippen molar-refractivity contribution in [2.24, 2.45) is 0 Å². The van der Waals surface area contributed by atoms with Crippen molar-refractivity contribution in [3.63, 3.8) is 0 Å². The average Bonchev–Trinajstić information content (AvgIpc) is 3.10. The van der Waals surface area contributed by atoms with Crippen LogP contribution in [0.1, 0.15) is 33.0 Å². The molecule has 1 aliphatic rings. The lowest BCUT2D eigenvalue weighted by Gasteiger charge is -2.14. The summed E-state index contributed by atoms with van der Waals surface area (Å²) in [5.41, 5.74) is 10.6. The molecule has 0 saturated carbocycles. The largest absolute Gasteiger partial charge is 0.478 e. The Hall–Kier alpha value is -4.31. The van der Waals surface area contributed by atoms with E-state index in [1.54, 1.807) is 0 Å². The first-order chi connectivity index (χ1) is 15.0. The second kappa shape index (κ2) is 8.59. The minimum absolute atomic E-state index is 0.0111. The number of carbonyl (C=O) groups excluding carboxylic acids is 1. The smallest absolute Gasteiger partial charge is 0.407 e. The van der Waals surface area contributed by atoms with Gasteiger partial charge in [0.25, 0.3) is 0 Å². The number of fused-ring (bicyclic) bond motifs is 3. The van der Waals surface area contributed by atoms with Gasteiger partial charge in [0, 0.05) is 12.1 Å². The molecular weight excluding hydrogens is 394 g/mol. The lowest BCUT2D eigenvalue weighted by atomic mass is 9.98. The minimum atomic E-state index is -1.12. The molecule has 1 heterocycles. The van der Waals surface area contributed by atoms with Crippen LogP contribution in [0.15, 0.2) is 60.8 Å². The second-order valence-corrected chi connectivity index (χ2v) is 6.94. The first-order valence-corrected chi connectivity index (χ1v) is 9.61. The minimum Gasteiger partial charge on any atom is -0.478 e. The number of aromatic carboxylic acids is 1. The molecule has 1 aliphatic carbocycles. The summed E-state index contributed by atoms with van der Waals surface area (Å²) in [4.78, 5) is 27.0. The maximum absolute atomic E-state index is 12.1. The molecule has 0 radical (unpaired) electrons. The van der Waals surface area contributed by atoms with Crippen LogP contribution in [-0.4, -0.2) is 35.3 Å². The van der Waals surface area contributed by atoms with E-state index in [4.69, 9.17) is 15.6 Å². The zero-order chi connectivity index (χ0) is 21.8. The number of nitrogens with one attached hydrogen (secondary N) is 1. The van der Waals surface area contributed by atoms with Crippen LogP contribution in [0.4, 0.5) is 10.6 Å². The van der Waals surface area contributed by atoms with Crippen molar-refractivity contribution in [3.05, 3.63) is 83.0 Å². The molecule has 154 valence electrons. The molecule has 1 amide bonds. The van der Waals surface area contributed by atoms with Gasteiger partial charge in [0.2, 0.25) is 0 Å². The van der Waals surface area contributed by atoms with Crippen molar-refractivity contribution < 1.29 is 19.4 Å². The van der Waals surface area contributed by atoms with Gasteiger partial charge in [-0.3, -0.25) is 0 Å². The standard InChI is InChI=1S/C24H19N3O4/c25-22-15(12-16(13-27-22)23(28)29)6-5-11-26-24(30)31-14-21-19-9-3-1-7-17(19)18-8-2-4-10-20(18)21/h1-4,7-10,12-13,21H,11,14H2,(H2,25,27)(H,26,30)(H,28,29). The third kappa shape index (κ3) is 4.19. The summed E-state index contributed by atoms with van der Waals surface area (Å²) < 4.78 is 5.43. The highest BCUT2D eigenvalue weighted by atomic mass is 16.5. The fraction of sp³-hybridized carbons (Fsp3) is 0.125. The van der Waals surface area contributed by atoms with Crippen molar-refractivity contribution in [3.8, 4) is 23.0 Å². The second-order valence-electron chi connectivity index (χ2n) is 6.94. The molecule has 0 bridgehead atoms. The van der Waals surface area contributed by atoms with Crippen LogP contribution in [0.2, 0.25) is 0 Å². The molecule has 0 saturated heterocycles. The van der Waals surface area contributed by atoms with E-state index in [9.17, 15) is 9.59 Å². The zero-order valence-corrected chi connectivity index (χ0v) is 16.5. The molecule has 31 heavy (non-hydrogen) atoms. The number of nitrogen functional groups attached to an aromatic ring is 1. The summed E-state index contributed by atoms with van der Waals surface area (Å²) >= 11 is 0. The highest BCUT2D eigenvalue weighted by Crippen LogP contribution is 2.44. The fourth-order valence-electron chi connectivity index (χ4n) is 3.60. The maximum Gasteiger partial charge on any atom is 0.407 e. The molecule has 0 aliphatic heterocycles. The molecule has 4 rings (SSSR count). The van der Waals surface area contributed by atoms with Gasteiger partial charge < -0.3 is 20.9 Å². The number of benzene rings is 2. The van der Waals surface area contributed by atoms with E-state index in [-0.39, 0.29) is 36.0 Å². The molecule has 0 unspecified atom stereocenters. The van der Waals surface area contributed by atoms with E-state index >= 15 is 0 Å². The monoisotopic (exact) mass is 413 g/mol. The maximum atomic E-state index is 12.1. The summed E-state index contributed by atoms with van der Waals surface area (Å²) in [7, 11) is 0. The Morgan fingerprint density at radius 2 is 1.74 bits per heavy atom. The van der Waals surface area contributed by atoms with E-state index in [0.717, 1.165) is 28.5 Å². The first-order valence-electron chi connectivity index (χ1n) is 9.61. The Kier molecular flexibility index (Phi) is 5.54. The number of nitrogens with zero attached hydrogens (tertiary/aromatic N) is 1. The lowest BCUT2D eigenvalue weighted by Crippen LogP contribution is -2.26. The van der Waals surface area contributed by atoms with Gasteiger partial charge in [-0.15, -0.1) is 0 Å². The molecule has 0 atom stereocenters. The van der Waals surface area contributed by atoms with E-state index < -0.39 is 12.1 Å². The molecule has 2 aromatic carbocycles. The predicted octanol–water partition coefficient (Wildman–Crippen LogP) is 3.25. The zero-order valence-electron chi connectivity index (χ0n) is 16.5.